The van der Waals surface area contributed by atoms with Gasteiger partial charge in [-0.15, -0.1) is 0 Å². The zero-order valence-electron chi connectivity index (χ0n) is 11.9. The third-order valence-corrected chi connectivity index (χ3v) is 4.82. The van der Waals surface area contributed by atoms with Crippen LogP contribution in [-0.4, -0.2) is 49.2 Å². The number of piperidine rings is 1. The first-order chi connectivity index (χ1) is 9.25. The van der Waals surface area contributed by atoms with Crippen LogP contribution in [0.1, 0.15) is 39.0 Å². The van der Waals surface area contributed by atoms with Gasteiger partial charge in [0.15, 0.2) is 0 Å². The average molecular weight is 266 g/mol. The van der Waals surface area contributed by atoms with E-state index < -0.39 is 0 Å². The van der Waals surface area contributed by atoms with Gasteiger partial charge < -0.3 is 15.0 Å². The van der Waals surface area contributed by atoms with Gasteiger partial charge in [-0.2, -0.15) is 0 Å². The number of rotatable bonds is 4. The van der Waals surface area contributed by atoms with Crippen LogP contribution in [0, 0.1) is 11.8 Å². The highest BCUT2D eigenvalue weighted by molar-refractivity contribution is 5.82. The molecule has 1 N–H and O–H groups in total. The molecule has 0 radical (unpaired) electrons. The summed E-state index contributed by atoms with van der Waals surface area (Å²) >= 11 is 0. The monoisotopic (exact) mass is 266 g/mol. The molecule has 19 heavy (non-hydrogen) atoms. The second-order valence-electron chi connectivity index (χ2n) is 6.47. The van der Waals surface area contributed by atoms with Crippen LogP contribution in [0.4, 0.5) is 0 Å². The van der Waals surface area contributed by atoms with Gasteiger partial charge in [0.05, 0.1) is 0 Å². The molecule has 2 unspecified atom stereocenters. The van der Waals surface area contributed by atoms with Crippen LogP contribution < -0.4 is 5.32 Å². The molecule has 3 fully saturated rings. The number of carbonyl (C=O) groups is 1. The van der Waals surface area contributed by atoms with E-state index in [0.717, 1.165) is 32.7 Å². The minimum Gasteiger partial charge on any atom is -0.368 e. The van der Waals surface area contributed by atoms with E-state index in [1.165, 1.54) is 25.7 Å². The fraction of sp³-hybridized carbons (Fsp3) is 0.933. The van der Waals surface area contributed by atoms with Gasteiger partial charge in [0.25, 0.3) is 5.91 Å². The maximum atomic E-state index is 12.7. The maximum absolute atomic E-state index is 12.7. The standard InChI is InChI=1S/C15H26N2O2/c1-11-6-9-19-14(11)15(18)17(13-2-3-13)10-12-4-7-16-8-5-12/h11-14,16H,2-10H2,1H3. The van der Waals surface area contributed by atoms with Crippen molar-refractivity contribution in [1.29, 1.82) is 0 Å². The second kappa shape index (κ2) is 5.80. The minimum atomic E-state index is -0.165. The van der Waals surface area contributed by atoms with Crippen molar-refractivity contribution < 1.29 is 9.53 Å². The Morgan fingerprint density at radius 2 is 1.95 bits per heavy atom. The normalized spacial score (nSPS) is 32.5. The Bertz CT molecular complexity index is 324. The number of ether oxygens (including phenoxy) is 1. The summed E-state index contributed by atoms with van der Waals surface area (Å²) in [7, 11) is 0. The smallest absolute Gasteiger partial charge is 0.252 e. The predicted octanol–water partition coefficient (Wildman–Crippen LogP) is 1.40. The molecule has 0 bridgehead atoms. The second-order valence-corrected chi connectivity index (χ2v) is 6.47. The minimum absolute atomic E-state index is 0.165. The van der Waals surface area contributed by atoms with E-state index >= 15 is 0 Å². The summed E-state index contributed by atoms with van der Waals surface area (Å²) in [5, 5.41) is 3.40. The van der Waals surface area contributed by atoms with Crippen molar-refractivity contribution in [2.45, 2.75) is 51.2 Å². The third kappa shape index (κ3) is 3.11. The Balaban J connectivity index is 1.61. The lowest BCUT2D eigenvalue weighted by atomic mass is 9.96. The molecular weight excluding hydrogens is 240 g/mol. The first-order valence-electron chi connectivity index (χ1n) is 7.88. The lowest BCUT2D eigenvalue weighted by Gasteiger charge is -2.32. The van der Waals surface area contributed by atoms with E-state index in [1.807, 2.05) is 0 Å². The van der Waals surface area contributed by atoms with Crippen LogP contribution in [0.25, 0.3) is 0 Å². The summed E-state index contributed by atoms with van der Waals surface area (Å²) in [4.78, 5) is 14.9. The van der Waals surface area contributed by atoms with E-state index in [4.69, 9.17) is 4.74 Å². The molecule has 4 heteroatoms. The molecule has 0 aromatic carbocycles. The summed E-state index contributed by atoms with van der Waals surface area (Å²) in [6, 6.07) is 0.513. The molecule has 1 aliphatic carbocycles. The van der Waals surface area contributed by atoms with Gasteiger partial charge in [-0.3, -0.25) is 4.79 Å². The molecule has 2 atom stereocenters. The molecule has 1 amide bonds. The van der Waals surface area contributed by atoms with E-state index in [9.17, 15) is 4.79 Å². The molecular formula is C15H26N2O2. The van der Waals surface area contributed by atoms with Crippen LogP contribution in [0.15, 0.2) is 0 Å². The zero-order valence-corrected chi connectivity index (χ0v) is 11.9. The summed E-state index contributed by atoms with van der Waals surface area (Å²) in [6.45, 7) is 6.06. The Morgan fingerprint density at radius 3 is 2.53 bits per heavy atom. The quantitative estimate of drug-likeness (QED) is 0.836. The lowest BCUT2D eigenvalue weighted by Crippen LogP contribution is -2.46. The maximum Gasteiger partial charge on any atom is 0.252 e. The number of nitrogens with one attached hydrogen (secondary N) is 1. The Labute approximate surface area is 115 Å². The van der Waals surface area contributed by atoms with Crippen molar-refractivity contribution in [2.75, 3.05) is 26.2 Å². The molecule has 3 aliphatic rings. The van der Waals surface area contributed by atoms with E-state index in [-0.39, 0.29) is 12.0 Å². The number of nitrogens with zero attached hydrogens (tertiary/aromatic N) is 1. The lowest BCUT2D eigenvalue weighted by molar-refractivity contribution is -0.143. The molecule has 108 valence electrons. The van der Waals surface area contributed by atoms with Crippen molar-refractivity contribution in [2.24, 2.45) is 11.8 Å². The summed E-state index contributed by atoms with van der Waals surface area (Å²) in [5.74, 6) is 1.34. The van der Waals surface area contributed by atoms with Gasteiger partial charge in [-0.1, -0.05) is 6.92 Å². The molecule has 4 nitrogen and oxygen atoms in total. The molecule has 0 aromatic rings. The van der Waals surface area contributed by atoms with Crippen molar-refractivity contribution in [3.05, 3.63) is 0 Å². The van der Waals surface area contributed by atoms with Crippen LogP contribution in [0.2, 0.25) is 0 Å². The molecule has 2 saturated heterocycles. The van der Waals surface area contributed by atoms with Crippen LogP contribution in [0.5, 0.6) is 0 Å². The van der Waals surface area contributed by atoms with Crippen molar-refractivity contribution in [3.63, 3.8) is 0 Å². The van der Waals surface area contributed by atoms with Crippen LogP contribution in [-0.2, 0) is 9.53 Å². The van der Waals surface area contributed by atoms with Gasteiger partial charge in [-0.05, 0) is 57.0 Å². The highest BCUT2D eigenvalue weighted by atomic mass is 16.5. The molecule has 0 spiro atoms. The molecule has 1 saturated carbocycles. The largest absolute Gasteiger partial charge is 0.368 e. The number of hydrogen-bond donors (Lipinski definition) is 1. The SMILES string of the molecule is CC1CCOC1C(=O)N(CC1CCNCC1)C1CC1. The average Bonchev–Trinajstić information content (AvgIpc) is 3.18. The van der Waals surface area contributed by atoms with E-state index in [0.29, 0.717) is 17.9 Å². The molecule has 3 rings (SSSR count). The molecule has 2 aliphatic heterocycles. The van der Waals surface area contributed by atoms with Crippen molar-refractivity contribution in [3.8, 4) is 0 Å². The highest BCUT2D eigenvalue weighted by Gasteiger charge is 2.40. The van der Waals surface area contributed by atoms with Crippen LogP contribution >= 0.6 is 0 Å². The molecule has 2 heterocycles. The summed E-state index contributed by atoms with van der Waals surface area (Å²) in [5.41, 5.74) is 0. The van der Waals surface area contributed by atoms with Gasteiger partial charge in [-0.25, -0.2) is 0 Å². The van der Waals surface area contributed by atoms with Gasteiger partial charge >= 0.3 is 0 Å². The van der Waals surface area contributed by atoms with Gasteiger partial charge in [0.1, 0.15) is 6.10 Å². The van der Waals surface area contributed by atoms with Gasteiger partial charge in [0, 0.05) is 19.2 Å². The Kier molecular flexibility index (Phi) is 4.08. The van der Waals surface area contributed by atoms with Crippen molar-refractivity contribution in [1.82, 2.24) is 10.2 Å². The van der Waals surface area contributed by atoms with E-state index in [2.05, 4.69) is 17.1 Å². The fourth-order valence-electron chi connectivity index (χ4n) is 3.32. The Morgan fingerprint density at radius 1 is 1.21 bits per heavy atom. The number of amides is 1. The fourth-order valence-corrected chi connectivity index (χ4v) is 3.32. The summed E-state index contributed by atoms with van der Waals surface area (Å²) < 4.78 is 5.67. The zero-order chi connectivity index (χ0) is 13.2. The molecule has 0 aromatic heterocycles. The van der Waals surface area contributed by atoms with Gasteiger partial charge in [0.2, 0.25) is 0 Å². The van der Waals surface area contributed by atoms with E-state index in [1.54, 1.807) is 0 Å². The first-order valence-corrected chi connectivity index (χ1v) is 7.88. The number of carbonyl (C=O) groups excluding carboxylic acids is 1. The van der Waals surface area contributed by atoms with Crippen LogP contribution in [0.3, 0.4) is 0 Å². The highest BCUT2D eigenvalue weighted by Crippen LogP contribution is 2.32. The topological polar surface area (TPSA) is 41.6 Å². The first kappa shape index (κ1) is 13.4. The Hall–Kier alpha value is -0.610. The van der Waals surface area contributed by atoms with Crippen molar-refractivity contribution >= 4 is 5.91 Å². The predicted molar refractivity (Wildman–Crippen MR) is 73.8 cm³/mol. The number of hydrogen-bond acceptors (Lipinski definition) is 3. The third-order valence-electron chi connectivity index (χ3n) is 4.82. The summed E-state index contributed by atoms with van der Waals surface area (Å²) in [6.07, 6.45) is 5.66.